The van der Waals surface area contributed by atoms with Crippen molar-refractivity contribution in [1.29, 1.82) is 0 Å². The maximum atomic E-state index is 11.3. The Morgan fingerprint density at radius 3 is 1.94 bits per heavy atom. The first-order valence-electron chi connectivity index (χ1n) is 4.84. The Bertz CT molecular complexity index is 248. The van der Waals surface area contributed by atoms with Crippen LogP contribution in [0.1, 0.15) is 34.6 Å². The minimum absolute atomic E-state index is 0. The van der Waals surface area contributed by atoms with E-state index in [1.165, 1.54) is 0 Å². The summed E-state index contributed by atoms with van der Waals surface area (Å²) in [4.78, 5) is 21.9. The fourth-order valence-corrected chi connectivity index (χ4v) is 0.932. The van der Waals surface area contributed by atoms with Gasteiger partial charge in [0.1, 0.15) is 5.60 Å². The molecule has 0 spiro atoms. The molecule has 0 aromatic heterocycles. The van der Waals surface area contributed by atoms with E-state index in [0.717, 1.165) is 0 Å². The number of ether oxygens (including phenoxy) is 1. The van der Waals surface area contributed by atoms with Gasteiger partial charge in [-0.25, -0.2) is 4.79 Å². The van der Waals surface area contributed by atoms with Crippen LogP contribution in [0.4, 0.5) is 4.79 Å². The number of carbonyl (C=O) groups is 2. The van der Waals surface area contributed by atoms with Crippen molar-refractivity contribution < 1.29 is 70.8 Å². The molecule has 0 aliphatic rings. The molecule has 0 unspecified atom stereocenters. The summed E-state index contributed by atoms with van der Waals surface area (Å²) >= 11 is 0. The maximum absolute atomic E-state index is 11.3. The largest absolute Gasteiger partial charge is 1.00 e. The minimum Gasteiger partial charge on any atom is -0.548 e. The van der Waals surface area contributed by atoms with Gasteiger partial charge in [-0.3, -0.25) is 0 Å². The molecule has 16 heavy (non-hydrogen) atoms. The second-order valence-electron chi connectivity index (χ2n) is 4.69. The quantitative estimate of drug-likeness (QED) is 0.556. The van der Waals surface area contributed by atoms with Gasteiger partial charge in [-0.15, -0.1) is 0 Å². The number of nitrogens with one attached hydrogen (secondary N) is 1. The molecule has 0 aromatic rings. The summed E-state index contributed by atoms with van der Waals surface area (Å²) in [7, 11) is 0. The fraction of sp³-hybridized carbons (Fsp3) is 0.800. The molecule has 0 fully saturated rings. The van der Waals surface area contributed by atoms with Crippen LogP contribution in [0.2, 0.25) is 0 Å². The Morgan fingerprint density at radius 1 is 1.25 bits per heavy atom. The van der Waals surface area contributed by atoms with Gasteiger partial charge in [0.2, 0.25) is 0 Å². The predicted molar refractivity (Wildman–Crippen MR) is 53.0 cm³/mol. The third kappa shape index (κ3) is 8.52. The van der Waals surface area contributed by atoms with E-state index in [4.69, 9.17) is 4.74 Å². The Morgan fingerprint density at radius 2 is 1.69 bits per heavy atom. The van der Waals surface area contributed by atoms with Crippen molar-refractivity contribution >= 4 is 12.1 Å². The summed E-state index contributed by atoms with van der Waals surface area (Å²) in [6.45, 7) is 8.47. The van der Waals surface area contributed by atoms with Crippen molar-refractivity contribution in [2.45, 2.75) is 46.3 Å². The molecule has 0 radical (unpaired) electrons. The minimum atomic E-state index is -1.31. The van der Waals surface area contributed by atoms with E-state index in [9.17, 15) is 14.7 Å². The van der Waals surface area contributed by atoms with Crippen molar-refractivity contribution in [3.63, 3.8) is 0 Å². The first-order chi connectivity index (χ1) is 6.63. The molecule has 1 N–H and O–H groups in total. The molecule has 0 saturated carbocycles. The first-order valence-corrected chi connectivity index (χ1v) is 4.84. The zero-order valence-electron chi connectivity index (χ0n) is 10.8. The van der Waals surface area contributed by atoms with E-state index in [1.54, 1.807) is 34.6 Å². The van der Waals surface area contributed by atoms with E-state index in [-0.39, 0.29) is 57.3 Å². The number of amides is 1. The summed E-state index contributed by atoms with van der Waals surface area (Å²) in [6.07, 6.45) is -0.745. The number of alkyl carbamates (subject to hydrolysis) is 1. The van der Waals surface area contributed by atoms with Crippen molar-refractivity contribution in [3.8, 4) is 0 Å². The smallest absolute Gasteiger partial charge is 0.548 e. The van der Waals surface area contributed by atoms with Crippen LogP contribution in [0.3, 0.4) is 0 Å². The standard InChI is InChI=1S/C10H19NO4.K/c1-6(2)7(8(12)13)11-9(14)15-10(3,4)5;/h6-7H,1-5H3,(H,11,14)(H,12,13);/q;+1/p-1/t7-;/m0./s1. The number of hydrogen-bond donors (Lipinski definition) is 1. The molecule has 1 amide bonds. The summed E-state index contributed by atoms with van der Waals surface area (Å²) in [6, 6.07) is -1.03. The Hall–Kier alpha value is 0.376. The van der Waals surface area contributed by atoms with Crippen molar-refractivity contribution in [2.75, 3.05) is 0 Å². The zero-order valence-corrected chi connectivity index (χ0v) is 13.9. The second-order valence-corrected chi connectivity index (χ2v) is 4.69. The third-order valence-electron chi connectivity index (χ3n) is 1.59. The molecule has 6 heteroatoms. The number of aliphatic carboxylic acids is 1. The Balaban J connectivity index is 0. The molecule has 0 heterocycles. The van der Waals surface area contributed by atoms with Gasteiger partial charge in [-0.1, -0.05) is 13.8 Å². The average Bonchev–Trinajstić information content (AvgIpc) is 1.95. The van der Waals surface area contributed by atoms with Gasteiger partial charge in [0.15, 0.2) is 0 Å². The molecule has 0 aliphatic heterocycles. The maximum Gasteiger partial charge on any atom is 1.00 e. The Kier molecular flexibility index (Phi) is 8.96. The van der Waals surface area contributed by atoms with Crippen LogP contribution in [-0.4, -0.2) is 23.7 Å². The predicted octanol–water partition coefficient (Wildman–Crippen LogP) is -2.71. The fourth-order valence-electron chi connectivity index (χ4n) is 0.932. The first kappa shape index (κ1) is 18.7. The normalized spacial score (nSPS) is 12.6. The van der Waals surface area contributed by atoms with E-state index < -0.39 is 23.7 Å². The summed E-state index contributed by atoms with van der Waals surface area (Å²) in [5, 5.41) is 12.9. The monoisotopic (exact) mass is 255 g/mol. The topological polar surface area (TPSA) is 78.5 Å². The van der Waals surface area contributed by atoms with Crippen LogP contribution in [0, 0.1) is 5.92 Å². The summed E-state index contributed by atoms with van der Waals surface area (Å²) in [5.41, 5.74) is -0.641. The molecule has 0 aromatic carbocycles. The van der Waals surface area contributed by atoms with Gasteiger partial charge in [0.25, 0.3) is 0 Å². The van der Waals surface area contributed by atoms with E-state index in [0.29, 0.717) is 0 Å². The Labute approximate surface area is 139 Å². The molecule has 0 rings (SSSR count). The van der Waals surface area contributed by atoms with Gasteiger partial charge < -0.3 is 20.0 Å². The molecular weight excluding hydrogens is 237 g/mol. The van der Waals surface area contributed by atoms with Gasteiger partial charge in [-0.2, -0.15) is 0 Å². The molecule has 0 saturated heterocycles. The molecule has 88 valence electrons. The van der Waals surface area contributed by atoms with Crippen LogP contribution in [0.5, 0.6) is 0 Å². The van der Waals surface area contributed by atoms with Crippen molar-refractivity contribution in [2.24, 2.45) is 5.92 Å². The molecule has 0 aliphatic carbocycles. The number of hydrogen-bond acceptors (Lipinski definition) is 4. The number of carbonyl (C=O) groups excluding carboxylic acids is 2. The number of carboxylic acids is 1. The summed E-state index contributed by atoms with van der Waals surface area (Å²) in [5.74, 6) is -1.56. The molecule has 0 bridgehead atoms. The van der Waals surface area contributed by atoms with E-state index in [2.05, 4.69) is 5.32 Å². The van der Waals surface area contributed by atoms with Gasteiger partial charge >= 0.3 is 57.5 Å². The summed E-state index contributed by atoms with van der Waals surface area (Å²) < 4.78 is 4.93. The van der Waals surface area contributed by atoms with Gasteiger partial charge in [0, 0.05) is 0 Å². The van der Waals surface area contributed by atoms with E-state index >= 15 is 0 Å². The van der Waals surface area contributed by atoms with Crippen LogP contribution in [0.15, 0.2) is 0 Å². The van der Waals surface area contributed by atoms with Gasteiger partial charge in [0.05, 0.1) is 12.0 Å². The van der Waals surface area contributed by atoms with Crippen molar-refractivity contribution in [1.82, 2.24) is 5.32 Å². The van der Waals surface area contributed by atoms with Crippen LogP contribution >= 0.6 is 0 Å². The van der Waals surface area contributed by atoms with Crippen LogP contribution in [-0.2, 0) is 9.53 Å². The average molecular weight is 255 g/mol. The number of carboxylic acid groups (broad SMARTS) is 1. The van der Waals surface area contributed by atoms with Crippen LogP contribution < -0.4 is 61.8 Å². The molecule has 5 nitrogen and oxygen atoms in total. The van der Waals surface area contributed by atoms with Gasteiger partial charge in [-0.05, 0) is 26.7 Å². The SMILES string of the molecule is CC(C)[C@H](NC(=O)OC(C)(C)C)C(=O)[O-].[K+]. The van der Waals surface area contributed by atoms with Crippen LogP contribution in [0.25, 0.3) is 0 Å². The third-order valence-corrected chi connectivity index (χ3v) is 1.59. The van der Waals surface area contributed by atoms with E-state index in [1.807, 2.05) is 0 Å². The second kappa shape index (κ2) is 7.65. The molecular formula is C10H18KNO4. The zero-order chi connectivity index (χ0) is 12.2. The molecule has 1 atom stereocenters. The number of rotatable bonds is 3. The van der Waals surface area contributed by atoms with Crippen molar-refractivity contribution in [3.05, 3.63) is 0 Å².